The topological polar surface area (TPSA) is 0 Å². The van der Waals surface area contributed by atoms with Crippen LogP contribution in [0.3, 0.4) is 0 Å². The summed E-state index contributed by atoms with van der Waals surface area (Å²) in [5.41, 5.74) is 3.78. The third kappa shape index (κ3) is 2.76. The number of rotatable bonds is 4. The van der Waals surface area contributed by atoms with Crippen molar-refractivity contribution in [2.75, 3.05) is 0 Å². The molecule has 0 aliphatic carbocycles. The van der Waals surface area contributed by atoms with Crippen LogP contribution in [0, 0.1) is 0 Å². The van der Waals surface area contributed by atoms with Crippen LogP contribution in [-0.4, -0.2) is 7.28 Å². The lowest BCUT2D eigenvalue weighted by Gasteiger charge is -2.04. The molecule has 1 radical (unpaired) electrons. The minimum absolute atomic E-state index is 1.09. The van der Waals surface area contributed by atoms with Gasteiger partial charge in [-0.3, -0.25) is 0 Å². The van der Waals surface area contributed by atoms with Gasteiger partial charge in [0.15, 0.2) is 0 Å². The van der Waals surface area contributed by atoms with Crippen molar-refractivity contribution in [1.82, 2.24) is 0 Å². The first-order valence-electron chi connectivity index (χ1n) is 4.85. The highest BCUT2D eigenvalue weighted by Gasteiger charge is 1.97. The van der Waals surface area contributed by atoms with Crippen LogP contribution >= 0.6 is 0 Å². The number of hydrogen-bond donors (Lipinski definition) is 0. The maximum Gasteiger partial charge on any atom is 0.148 e. The molecule has 0 spiro atoms. The quantitative estimate of drug-likeness (QED) is 0.611. The van der Waals surface area contributed by atoms with Gasteiger partial charge in [0, 0.05) is 0 Å². The number of hydrogen-bond acceptors (Lipinski definition) is 0. The zero-order valence-corrected chi connectivity index (χ0v) is 8.51. The molecule has 67 valence electrons. The summed E-state index contributed by atoms with van der Waals surface area (Å²) in [6.45, 7) is 8.29. The molecule has 0 unspecified atom stereocenters. The zero-order chi connectivity index (χ0) is 9.68. The molecular formula is C12H16B. The van der Waals surface area contributed by atoms with Gasteiger partial charge in [-0.25, -0.2) is 0 Å². The Morgan fingerprint density at radius 2 is 1.92 bits per heavy atom. The molecule has 0 aromatic heterocycles. The third-order valence-electron chi connectivity index (χ3n) is 2.20. The van der Waals surface area contributed by atoms with E-state index in [1.807, 2.05) is 0 Å². The minimum atomic E-state index is 1.09. The molecule has 13 heavy (non-hydrogen) atoms. The fourth-order valence-electron chi connectivity index (χ4n) is 1.36. The summed E-state index contributed by atoms with van der Waals surface area (Å²) in [4.78, 5) is 0. The number of allylic oxidation sites excluding steroid dienone is 1. The first-order valence-corrected chi connectivity index (χ1v) is 4.85. The van der Waals surface area contributed by atoms with Crippen molar-refractivity contribution in [3.63, 3.8) is 0 Å². The maximum atomic E-state index is 4.06. The Bertz CT molecular complexity index is 272. The average molecular weight is 171 g/mol. The Kier molecular flexibility index (Phi) is 3.82. The highest BCUT2D eigenvalue weighted by molar-refractivity contribution is 6.51. The van der Waals surface area contributed by atoms with Gasteiger partial charge in [0.05, 0.1) is 0 Å². The molecule has 0 fully saturated rings. The van der Waals surface area contributed by atoms with E-state index in [0.717, 1.165) is 6.42 Å². The van der Waals surface area contributed by atoms with Crippen molar-refractivity contribution in [2.45, 2.75) is 26.6 Å². The first kappa shape index (κ1) is 10.1. The fourth-order valence-corrected chi connectivity index (χ4v) is 1.36. The monoisotopic (exact) mass is 171 g/mol. The van der Waals surface area contributed by atoms with Gasteiger partial charge in [-0.1, -0.05) is 56.5 Å². The summed E-state index contributed by atoms with van der Waals surface area (Å²) in [6.07, 6.45) is 2.26. The summed E-state index contributed by atoms with van der Waals surface area (Å²) >= 11 is 0. The van der Waals surface area contributed by atoms with E-state index in [1.165, 1.54) is 23.0 Å². The molecule has 0 N–H and O–H groups in total. The lowest BCUT2D eigenvalue weighted by molar-refractivity contribution is 0.975. The van der Waals surface area contributed by atoms with Crippen LogP contribution in [-0.2, 0) is 0 Å². The second-order valence-electron chi connectivity index (χ2n) is 3.26. The van der Waals surface area contributed by atoms with E-state index < -0.39 is 0 Å². The van der Waals surface area contributed by atoms with Gasteiger partial charge in [-0.05, 0) is 17.6 Å². The molecule has 0 amide bonds. The number of benzene rings is 1. The van der Waals surface area contributed by atoms with Crippen molar-refractivity contribution in [3.05, 3.63) is 36.4 Å². The van der Waals surface area contributed by atoms with Gasteiger partial charge in [-0.15, -0.1) is 0 Å². The lowest BCUT2D eigenvalue weighted by Crippen LogP contribution is -2.09. The zero-order valence-electron chi connectivity index (χ0n) is 8.51. The van der Waals surface area contributed by atoms with E-state index in [-0.39, 0.29) is 0 Å². The highest BCUT2D eigenvalue weighted by atomic mass is 14.0. The van der Waals surface area contributed by atoms with Crippen LogP contribution in [0.4, 0.5) is 0 Å². The van der Waals surface area contributed by atoms with Gasteiger partial charge in [0.25, 0.3) is 0 Å². The molecule has 0 heterocycles. The van der Waals surface area contributed by atoms with Gasteiger partial charge < -0.3 is 0 Å². The van der Waals surface area contributed by atoms with Gasteiger partial charge >= 0.3 is 0 Å². The lowest BCUT2D eigenvalue weighted by atomic mass is 9.73. The molecule has 0 aliphatic rings. The Morgan fingerprint density at radius 1 is 1.31 bits per heavy atom. The summed E-state index contributed by atoms with van der Waals surface area (Å²) < 4.78 is 0. The predicted octanol–water partition coefficient (Wildman–Crippen LogP) is 2.88. The minimum Gasteiger partial charge on any atom is -0.0952 e. The van der Waals surface area contributed by atoms with Gasteiger partial charge in [0.1, 0.15) is 7.28 Å². The normalized spacial score (nSPS) is 9.69. The van der Waals surface area contributed by atoms with E-state index >= 15 is 0 Å². The summed E-state index contributed by atoms with van der Waals surface area (Å²) in [5.74, 6) is 0. The highest BCUT2D eigenvalue weighted by Crippen LogP contribution is 2.15. The molecule has 1 rings (SSSR count). The molecular weight excluding hydrogens is 155 g/mol. The van der Waals surface area contributed by atoms with Gasteiger partial charge in [-0.2, -0.15) is 0 Å². The molecule has 0 bridgehead atoms. The van der Waals surface area contributed by atoms with Crippen molar-refractivity contribution in [2.24, 2.45) is 0 Å². The Morgan fingerprint density at radius 3 is 2.38 bits per heavy atom. The molecule has 0 atom stereocenters. The summed E-state index contributed by atoms with van der Waals surface area (Å²) in [5, 5.41) is 0. The van der Waals surface area contributed by atoms with E-state index in [0.29, 0.717) is 0 Å². The van der Waals surface area contributed by atoms with Crippen LogP contribution in [0.2, 0.25) is 6.82 Å². The van der Waals surface area contributed by atoms with Crippen LogP contribution < -0.4 is 5.46 Å². The molecule has 0 nitrogen and oxygen atoms in total. The van der Waals surface area contributed by atoms with Crippen LogP contribution in [0.5, 0.6) is 0 Å². The smallest absolute Gasteiger partial charge is 0.0952 e. The van der Waals surface area contributed by atoms with E-state index in [4.69, 9.17) is 0 Å². The molecule has 1 heteroatoms. The van der Waals surface area contributed by atoms with Crippen LogP contribution in [0.15, 0.2) is 30.8 Å². The van der Waals surface area contributed by atoms with Crippen molar-refractivity contribution in [3.8, 4) is 0 Å². The Balaban J connectivity index is 2.74. The third-order valence-corrected chi connectivity index (χ3v) is 2.20. The molecule has 0 aliphatic heterocycles. The Labute approximate surface area is 81.9 Å². The first-order chi connectivity index (χ1) is 6.27. The average Bonchev–Trinajstić information content (AvgIpc) is 2.18. The van der Waals surface area contributed by atoms with Crippen molar-refractivity contribution >= 4 is 18.3 Å². The largest absolute Gasteiger partial charge is 0.148 e. The van der Waals surface area contributed by atoms with Crippen LogP contribution in [0.25, 0.3) is 5.57 Å². The molecule has 1 aromatic carbocycles. The second-order valence-corrected chi connectivity index (χ2v) is 3.26. The van der Waals surface area contributed by atoms with Crippen molar-refractivity contribution in [1.29, 1.82) is 0 Å². The van der Waals surface area contributed by atoms with Crippen LogP contribution in [0.1, 0.15) is 25.3 Å². The van der Waals surface area contributed by atoms with Crippen molar-refractivity contribution < 1.29 is 0 Å². The molecule has 0 saturated heterocycles. The SMILES string of the molecule is C=C(CCC)c1ccc([B]C)cc1. The predicted molar refractivity (Wildman–Crippen MR) is 61.6 cm³/mol. The van der Waals surface area contributed by atoms with E-state index in [1.54, 1.807) is 0 Å². The van der Waals surface area contributed by atoms with E-state index in [9.17, 15) is 0 Å². The summed E-state index contributed by atoms with van der Waals surface area (Å²) in [7, 11) is 2.10. The van der Waals surface area contributed by atoms with Gasteiger partial charge in [0.2, 0.25) is 0 Å². The Hall–Kier alpha value is -0.975. The maximum absolute atomic E-state index is 4.06. The standard InChI is InChI=1S/C12H16B/c1-4-5-10(2)11-6-8-12(13-3)9-7-11/h6-9H,2,4-5H2,1,3H3. The van der Waals surface area contributed by atoms with E-state index in [2.05, 4.69) is 51.9 Å². The fraction of sp³-hybridized carbons (Fsp3) is 0.333. The second kappa shape index (κ2) is 4.91. The summed E-state index contributed by atoms with van der Waals surface area (Å²) in [6, 6.07) is 8.56. The molecule has 0 saturated carbocycles. The molecule has 1 aromatic rings.